The predicted octanol–water partition coefficient (Wildman–Crippen LogP) is 2.38. The van der Waals surface area contributed by atoms with Crippen LogP contribution < -0.4 is 0 Å². The molecule has 0 radical (unpaired) electrons. The Morgan fingerprint density at radius 3 is 2.04 bits per heavy atom. The molecular weight excluding hydrogens is 397 g/mol. The zero-order chi connectivity index (χ0) is 18.6. The third-order valence-corrected chi connectivity index (χ3v) is 7.82. The van der Waals surface area contributed by atoms with E-state index in [-0.39, 0.29) is 32.1 Å². The van der Waals surface area contributed by atoms with Gasteiger partial charge in [-0.3, -0.25) is 4.79 Å². The van der Waals surface area contributed by atoms with Crippen LogP contribution >= 0.6 is 23.2 Å². The van der Waals surface area contributed by atoms with Crippen molar-refractivity contribution in [2.75, 3.05) is 26.2 Å². The summed E-state index contributed by atoms with van der Waals surface area (Å²) in [5.74, 6) is -2.53. The number of carbonyl (C=O) groups excluding carboxylic acids is 1. The molecule has 1 saturated heterocycles. The van der Waals surface area contributed by atoms with Gasteiger partial charge in [0.05, 0.1) is 5.41 Å². The molecule has 1 aromatic rings. The fraction of sp³-hybridized carbons (Fsp3) is 0.533. The summed E-state index contributed by atoms with van der Waals surface area (Å²) in [4.78, 5) is 13.0. The third kappa shape index (κ3) is 3.03. The third-order valence-electron chi connectivity index (χ3n) is 4.77. The molecule has 1 aliphatic carbocycles. The average Bonchev–Trinajstić information content (AvgIpc) is 3.06. The summed E-state index contributed by atoms with van der Waals surface area (Å²) in [5.41, 5.74) is -0.880. The Hall–Kier alpha value is -0.960. The van der Waals surface area contributed by atoms with E-state index in [1.54, 1.807) is 6.92 Å². The lowest BCUT2D eigenvalue weighted by atomic mass is 10.1. The molecule has 1 saturated carbocycles. The molecule has 1 aliphatic heterocycles. The van der Waals surface area contributed by atoms with Crippen LogP contribution in [-0.4, -0.2) is 54.0 Å². The first-order chi connectivity index (χ1) is 11.5. The minimum atomic E-state index is -4.32. The van der Waals surface area contributed by atoms with Gasteiger partial charge in [-0.05, 0) is 25.5 Å². The van der Waals surface area contributed by atoms with Crippen LogP contribution in [0.5, 0.6) is 0 Å². The number of hydrogen-bond acceptors (Lipinski definition) is 3. The maximum Gasteiger partial charge on any atom is 0.249 e. The highest BCUT2D eigenvalue weighted by Crippen LogP contribution is 2.64. The van der Waals surface area contributed by atoms with Gasteiger partial charge in [-0.25, -0.2) is 17.2 Å². The quantitative estimate of drug-likeness (QED) is 0.716. The van der Waals surface area contributed by atoms with Crippen molar-refractivity contribution < 1.29 is 22.0 Å². The first-order valence-corrected chi connectivity index (χ1v) is 9.82. The molecule has 1 amide bonds. The minimum absolute atomic E-state index is 0.0600. The van der Waals surface area contributed by atoms with Gasteiger partial charge >= 0.3 is 0 Å². The van der Waals surface area contributed by atoms with Gasteiger partial charge in [-0.2, -0.15) is 4.31 Å². The zero-order valence-electron chi connectivity index (χ0n) is 13.3. The second-order valence-electron chi connectivity index (χ2n) is 6.46. The first-order valence-electron chi connectivity index (χ1n) is 7.62. The van der Waals surface area contributed by atoms with E-state index in [9.17, 15) is 22.0 Å². The van der Waals surface area contributed by atoms with Crippen molar-refractivity contribution in [2.45, 2.75) is 22.6 Å². The van der Waals surface area contributed by atoms with Crippen LogP contribution in [0.15, 0.2) is 23.1 Å². The number of alkyl halides is 2. The summed E-state index contributed by atoms with van der Waals surface area (Å²) < 4.78 is 52.5. The second kappa shape index (κ2) is 6.04. The van der Waals surface area contributed by atoms with Crippen LogP contribution in [0, 0.1) is 17.0 Å². The van der Waals surface area contributed by atoms with Crippen LogP contribution in [0.2, 0.25) is 0 Å². The van der Waals surface area contributed by atoms with Gasteiger partial charge < -0.3 is 4.90 Å². The molecule has 10 heteroatoms. The molecule has 3 rings (SSSR count). The highest BCUT2D eigenvalue weighted by molar-refractivity contribution is 7.89. The molecule has 0 N–H and O–H groups in total. The maximum absolute atomic E-state index is 13.8. The molecule has 138 valence electrons. The topological polar surface area (TPSA) is 57.7 Å². The predicted molar refractivity (Wildman–Crippen MR) is 88.9 cm³/mol. The molecule has 2 aliphatic rings. The van der Waals surface area contributed by atoms with E-state index in [1.165, 1.54) is 4.90 Å². The van der Waals surface area contributed by atoms with Gasteiger partial charge in [0.2, 0.25) is 15.9 Å². The van der Waals surface area contributed by atoms with Crippen LogP contribution in [0.25, 0.3) is 0 Å². The van der Waals surface area contributed by atoms with E-state index in [1.807, 2.05) is 0 Å². The second-order valence-corrected chi connectivity index (χ2v) is 9.82. The smallest absolute Gasteiger partial charge is 0.249 e. The highest BCUT2D eigenvalue weighted by atomic mass is 35.5. The molecule has 2 fully saturated rings. The zero-order valence-corrected chi connectivity index (χ0v) is 15.6. The van der Waals surface area contributed by atoms with Crippen LogP contribution in [-0.2, 0) is 14.8 Å². The van der Waals surface area contributed by atoms with Gasteiger partial charge in [0.1, 0.15) is 16.0 Å². The number of amides is 1. The van der Waals surface area contributed by atoms with Crippen molar-refractivity contribution in [3.8, 4) is 0 Å². The monoisotopic (exact) mass is 412 g/mol. The maximum atomic E-state index is 13.8. The van der Waals surface area contributed by atoms with Crippen LogP contribution in [0.1, 0.15) is 13.3 Å². The number of hydrogen-bond donors (Lipinski definition) is 0. The fourth-order valence-electron chi connectivity index (χ4n) is 2.97. The molecule has 1 heterocycles. The lowest BCUT2D eigenvalue weighted by molar-refractivity contribution is -0.137. The average molecular weight is 413 g/mol. The Kier molecular flexibility index (Phi) is 4.55. The summed E-state index contributed by atoms with van der Waals surface area (Å²) in [5, 5.41) is 0. The molecule has 25 heavy (non-hydrogen) atoms. The summed E-state index contributed by atoms with van der Waals surface area (Å²) in [6.45, 7) is 1.75. The number of halogens is 4. The summed E-state index contributed by atoms with van der Waals surface area (Å²) in [6.07, 6.45) is 0.334. The van der Waals surface area contributed by atoms with Gasteiger partial charge in [0.15, 0.2) is 4.90 Å². The Bertz CT molecular complexity index is 806. The van der Waals surface area contributed by atoms with E-state index >= 15 is 0 Å². The highest BCUT2D eigenvalue weighted by Gasteiger charge is 2.68. The normalized spacial score (nSPS) is 26.5. The minimum Gasteiger partial charge on any atom is -0.339 e. The molecular formula is C15H16Cl2F2N2O3S. The number of benzene rings is 1. The van der Waals surface area contributed by atoms with Gasteiger partial charge in [-0.15, -0.1) is 23.2 Å². The first kappa shape index (κ1) is 18.8. The number of carbonyl (C=O) groups is 1. The van der Waals surface area contributed by atoms with E-state index in [4.69, 9.17) is 23.2 Å². The molecule has 1 unspecified atom stereocenters. The van der Waals surface area contributed by atoms with Crippen molar-refractivity contribution in [2.24, 2.45) is 5.41 Å². The fourth-order valence-corrected chi connectivity index (χ4v) is 5.20. The van der Waals surface area contributed by atoms with E-state index < -0.39 is 36.3 Å². The molecule has 1 aromatic carbocycles. The van der Waals surface area contributed by atoms with Crippen molar-refractivity contribution >= 4 is 39.1 Å². The molecule has 1 atom stereocenters. The van der Waals surface area contributed by atoms with Gasteiger partial charge in [-0.1, -0.05) is 6.07 Å². The Morgan fingerprint density at radius 1 is 1.12 bits per heavy atom. The van der Waals surface area contributed by atoms with Crippen molar-refractivity contribution in [3.05, 3.63) is 29.8 Å². The number of rotatable bonds is 3. The molecule has 0 spiro atoms. The van der Waals surface area contributed by atoms with E-state index in [2.05, 4.69) is 0 Å². The lowest BCUT2D eigenvalue weighted by Gasteiger charge is -2.35. The summed E-state index contributed by atoms with van der Waals surface area (Å²) in [7, 11) is -4.32. The number of nitrogens with zero attached hydrogens (tertiary/aromatic N) is 2. The van der Waals surface area contributed by atoms with E-state index in [0.717, 1.165) is 22.5 Å². The lowest BCUT2D eigenvalue weighted by Crippen LogP contribution is -2.52. The van der Waals surface area contributed by atoms with Crippen LogP contribution in [0.4, 0.5) is 8.78 Å². The Labute approximate surface area is 154 Å². The standard InChI is InChI=1S/C15H16Cl2F2N2O3S/c1-14(9-15(14,16)17)13(22)20-5-7-21(8-6-20)25(23,24)12-10(18)3-2-4-11(12)19/h2-4H,5-9H2,1H3. The van der Waals surface area contributed by atoms with Gasteiger partial charge in [0, 0.05) is 26.2 Å². The van der Waals surface area contributed by atoms with Gasteiger partial charge in [0.25, 0.3) is 0 Å². The largest absolute Gasteiger partial charge is 0.339 e. The molecule has 0 bridgehead atoms. The van der Waals surface area contributed by atoms with E-state index in [0.29, 0.717) is 6.42 Å². The summed E-state index contributed by atoms with van der Waals surface area (Å²) >= 11 is 12.0. The molecule has 0 aromatic heterocycles. The van der Waals surface area contributed by atoms with Crippen molar-refractivity contribution in [1.82, 2.24) is 9.21 Å². The SMILES string of the molecule is CC1(C(=O)N2CCN(S(=O)(=O)c3c(F)cccc3F)CC2)CC1(Cl)Cl. The number of sulfonamides is 1. The van der Waals surface area contributed by atoms with Crippen molar-refractivity contribution in [1.29, 1.82) is 0 Å². The Morgan fingerprint density at radius 2 is 1.60 bits per heavy atom. The Balaban J connectivity index is 1.73. The summed E-state index contributed by atoms with van der Waals surface area (Å²) in [6, 6.07) is 2.88. The van der Waals surface area contributed by atoms with Crippen molar-refractivity contribution in [3.63, 3.8) is 0 Å². The van der Waals surface area contributed by atoms with Crippen LogP contribution in [0.3, 0.4) is 0 Å². The number of piperazine rings is 1. The molecule has 5 nitrogen and oxygen atoms in total.